The van der Waals surface area contributed by atoms with E-state index in [2.05, 4.69) is 10.5 Å². The maximum atomic E-state index is 12.3. The number of nitrogens with zero attached hydrogens (tertiary/aromatic N) is 1. The molecule has 0 fully saturated rings. The van der Waals surface area contributed by atoms with E-state index < -0.39 is 0 Å². The highest BCUT2D eigenvalue weighted by Gasteiger charge is 2.15. The molecule has 0 radical (unpaired) electrons. The second-order valence-corrected chi connectivity index (χ2v) is 5.33. The van der Waals surface area contributed by atoms with Crippen LogP contribution in [0.5, 0.6) is 17.2 Å². The largest absolute Gasteiger partial charge is 0.497 e. The van der Waals surface area contributed by atoms with Gasteiger partial charge in [-0.2, -0.15) is 0 Å². The number of ether oxygens (including phenoxy) is 3. The van der Waals surface area contributed by atoms with Crippen LogP contribution in [0, 0.1) is 0 Å². The fourth-order valence-corrected chi connectivity index (χ4v) is 2.38. The third kappa shape index (κ3) is 3.61. The zero-order chi connectivity index (χ0) is 18.5. The maximum absolute atomic E-state index is 12.3. The minimum Gasteiger partial charge on any atom is -0.497 e. The number of hydrogen-bond acceptors (Lipinski definition) is 6. The quantitative estimate of drug-likeness (QED) is 0.728. The Morgan fingerprint density at radius 2 is 1.65 bits per heavy atom. The van der Waals surface area contributed by atoms with Gasteiger partial charge in [0, 0.05) is 17.3 Å². The molecule has 0 bridgehead atoms. The van der Waals surface area contributed by atoms with Crippen molar-refractivity contribution in [3.63, 3.8) is 0 Å². The van der Waals surface area contributed by atoms with Gasteiger partial charge < -0.3 is 24.1 Å². The molecular formula is C19H18N2O5. The van der Waals surface area contributed by atoms with Crippen molar-refractivity contribution < 1.29 is 23.5 Å². The van der Waals surface area contributed by atoms with Crippen LogP contribution in [0.15, 0.2) is 53.1 Å². The van der Waals surface area contributed by atoms with E-state index in [1.807, 2.05) is 0 Å². The predicted octanol–water partition coefficient (Wildman–Crippen LogP) is 3.62. The van der Waals surface area contributed by atoms with Crippen LogP contribution < -0.4 is 19.5 Å². The monoisotopic (exact) mass is 354 g/mol. The molecule has 1 aromatic heterocycles. The van der Waals surface area contributed by atoms with Crippen LogP contribution in [-0.4, -0.2) is 32.4 Å². The molecule has 7 nitrogen and oxygen atoms in total. The second kappa shape index (κ2) is 7.60. The number of carbonyl (C=O) groups excluding carboxylic acids is 1. The summed E-state index contributed by atoms with van der Waals surface area (Å²) in [5.74, 6) is 1.95. The zero-order valence-electron chi connectivity index (χ0n) is 14.6. The number of anilines is 1. The van der Waals surface area contributed by atoms with Crippen LogP contribution in [0.1, 0.15) is 10.5 Å². The van der Waals surface area contributed by atoms with Gasteiger partial charge in [-0.05, 0) is 42.5 Å². The van der Waals surface area contributed by atoms with Crippen LogP contribution in [0.3, 0.4) is 0 Å². The smallest absolute Gasteiger partial charge is 0.277 e. The average Bonchev–Trinajstić information content (AvgIpc) is 3.18. The van der Waals surface area contributed by atoms with Crippen LogP contribution in [0.25, 0.3) is 11.3 Å². The van der Waals surface area contributed by atoms with Gasteiger partial charge in [0.1, 0.15) is 5.75 Å². The summed E-state index contributed by atoms with van der Waals surface area (Å²) in [7, 11) is 4.70. The van der Waals surface area contributed by atoms with E-state index in [0.717, 1.165) is 5.56 Å². The summed E-state index contributed by atoms with van der Waals surface area (Å²) in [5, 5.41) is 6.59. The molecular weight excluding hydrogens is 336 g/mol. The fourth-order valence-electron chi connectivity index (χ4n) is 2.38. The van der Waals surface area contributed by atoms with Crippen molar-refractivity contribution in [1.29, 1.82) is 0 Å². The van der Waals surface area contributed by atoms with Gasteiger partial charge in [0.15, 0.2) is 23.0 Å². The summed E-state index contributed by atoms with van der Waals surface area (Å²) >= 11 is 0. The molecule has 3 aromatic rings. The predicted molar refractivity (Wildman–Crippen MR) is 96.0 cm³/mol. The Kier molecular flexibility index (Phi) is 5.07. The van der Waals surface area contributed by atoms with E-state index in [1.165, 1.54) is 0 Å². The lowest BCUT2D eigenvalue weighted by molar-refractivity contribution is 0.101. The Balaban J connectivity index is 1.77. The number of methoxy groups -OCH3 is 3. The Hall–Kier alpha value is -3.48. The Bertz CT molecular complexity index is 903. The second-order valence-electron chi connectivity index (χ2n) is 5.33. The molecule has 134 valence electrons. The molecule has 1 heterocycles. The summed E-state index contributed by atoms with van der Waals surface area (Å²) in [5.41, 5.74) is 1.52. The molecule has 0 saturated heterocycles. The summed E-state index contributed by atoms with van der Waals surface area (Å²) in [4.78, 5) is 12.3. The van der Waals surface area contributed by atoms with Gasteiger partial charge in [-0.3, -0.25) is 4.79 Å². The van der Waals surface area contributed by atoms with E-state index in [-0.39, 0.29) is 11.6 Å². The number of rotatable bonds is 6. The lowest BCUT2D eigenvalue weighted by atomic mass is 10.1. The lowest BCUT2D eigenvalue weighted by Crippen LogP contribution is -2.11. The SMILES string of the molecule is COc1ccc(NC(=O)c2cc(-c3ccc(OC)c(OC)c3)on2)cc1. The number of nitrogens with one attached hydrogen (secondary N) is 1. The Morgan fingerprint density at radius 1 is 0.923 bits per heavy atom. The van der Waals surface area contributed by atoms with Crippen LogP contribution in [0.2, 0.25) is 0 Å². The van der Waals surface area contributed by atoms with Crippen molar-refractivity contribution in [2.24, 2.45) is 0 Å². The van der Waals surface area contributed by atoms with Crippen molar-refractivity contribution in [3.05, 3.63) is 54.2 Å². The van der Waals surface area contributed by atoms with Gasteiger partial charge in [0.05, 0.1) is 21.3 Å². The molecule has 0 unspecified atom stereocenters. The van der Waals surface area contributed by atoms with Gasteiger partial charge in [-0.15, -0.1) is 0 Å². The highest BCUT2D eigenvalue weighted by atomic mass is 16.5. The van der Waals surface area contributed by atoms with Gasteiger partial charge in [0.25, 0.3) is 5.91 Å². The number of hydrogen-bond donors (Lipinski definition) is 1. The lowest BCUT2D eigenvalue weighted by Gasteiger charge is -2.07. The number of amides is 1. The van der Waals surface area contributed by atoms with E-state index in [0.29, 0.717) is 28.7 Å². The highest BCUT2D eigenvalue weighted by molar-refractivity contribution is 6.03. The molecule has 2 aromatic carbocycles. The molecule has 1 amide bonds. The van der Waals surface area contributed by atoms with Crippen molar-refractivity contribution in [1.82, 2.24) is 5.16 Å². The van der Waals surface area contributed by atoms with E-state index in [9.17, 15) is 4.79 Å². The molecule has 0 aliphatic rings. The molecule has 3 rings (SSSR count). The molecule has 26 heavy (non-hydrogen) atoms. The number of benzene rings is 2. The van der Waals surface area contributed by atoms with Crippen molar-refractivity contribution >= 4 is 11.6 Å². The zero-order valence-corrected chi connectivity index (χ0v) is 14.6. The third-order valence-corrected chi connectivity index (χ3v) is 3.76. The first kappa shape index (κ1) is 17.3. The molecule has 0 atom stereocenters. The number of carbonyl (C=O) groups is 1. The molecule has 0 spiro atoms. The molecule has 0 saturated carbocycles. The van der Waals surface area contributed by atoms with E-state index in [4.69, 9.17) is 18.7 Å². The number of aromatic nitrogens is 1. The maximum Gasteiger partial charge on any atom is 0.277 e. The summed E-state index contributed by atoms with van der Waals surface area (Å²) in [6.45, 7) is 0. The first-order chi connectivity index (χ1) is 12.6. The first-order valence-corrected chi connectivity index (χ1v) is 7.79. The average molecular weight is 354 g/mol. The van der Waals surface area contributed by atoms with Crippen molar-refractivity contribution in [2.75, 3.05) is 26.6 Å². The molecule has 7 heteroatoms. The van der Waals surface area contributed by atoms with Crippen LogP contribution in [-0.2, 0) is 0 Å². The summed E-state index contributed by atoms with van der Waals surface area (Å²) < 4.78 is 20.9. The van der Waals surface area contributed by atoms with Crippen LogP contribution in [0.4, 0.5) is 5.69 Å². The minimum absolute atomic E-state index is 0.172. The van der Waals surface area contributed by atoms with E-state index in [1.54, 1.807) is 69.9 Å². The molecule has 0 aliphatic carbocycles. The van der Waals surface area contributed by atoms with Crippen molar-refractivity contribution in [2.45, 2.75) is 0 Å². The van der Waals surface area contributed by atoms with Gasteiger partial charge >= 0.3 is 0 Å². The van der Waals surface area contributed by atoms with Crippen LogP contribution >= 0.6 is 0 Å². The fraction of sp³-hybridized carbons (Fsp3) is 0.158. The first-order valence-electron chi connectivity index (χ1n) is 7.79. The normalized spacial score (nSPS) is 10.3. The van der Waals surface area contributed by atoms with E-state index >= 15 is 0 Å². The Morgan fingerprint density at radius 3 is 2.31 bits per heavy atom. The highest BCUT2D eigenvalue weighted by Crippen LogP contribution is 2.32. The minimum atomic E-state index is -0.370. The Labute approximate surface area is 150 Å². The van der Waals surface area contributed by atoms with Gasteiger partial charge in [-0.25, -0.2) is 0 Å². The molecule has 0 aliphatic heterocycles. The summed E-state index contributed by atoms with van der Waals surface area (Å²) in [6.07, 6.45) is 0. The van der Waals surface area contributed by atoms with Crippen molar-refractivity contribution in [3.8, 4) is 28.6 Å². The summed E-state index contributed by atoms with van der Waals surface area (Å²) in [6, 6.07) is 13.9. The standard InChI is InChI=1S/C19H18N2O5/c1-23-14-7-5-13(6-8-14)20-19(22)15-11-17(26-21-15)12-4-9-16(24-2)18(10-12)25-3/h4-11H,1-3H3,(H,20,22). The van der Waals surface area contributed by atoms with Gasteiger partial charge in [0.2, 0.25) is 0 Å². The molecule has 1 N–H and O–H groups in total. The van der Waals surface area contributed by atoms with Gasteiger partial charge in [-0.1, -0.05) is 5.16 Å². The third-order valence-electron chi connectivity index (χ3n) is 3.76. The topological polar surface area (TPSA) is 82.8 Å².